The van der Waals surface area contributed by atoms with E-state index in [0.29, 0.717) is 12.8 Å². The second-order valence-electron chi connectivity index (χ2n) is 6.75. The highest BCUT2D eigenvalue weighted by Gasteiger charge is 2.40. The van der Waals surface area contributed by atoms with Crippen LogP contribution in [0.15, 0.2) is 30.3 Å². The van der Waals surface area contributed by atoms with Gasteiger partial charge < -0.3 is 9.47 Å². The fourth-order valence-corrected chi connectivity index (χ4v) is 2.46. The molecular formula is C18H23NO5. The standard InChI is InChI=1S/C18H23NO5/c1-18(2,3)24-17(22)19-14(10-7-11-15(19)20)16(21)23-12-13-8-5-4-6-9-13/h4-6,8-9,14H,7,10-12H2,1-3H3. The summed E-state index contributed by atoms with van der Waals surface area (Å²) >= 11 is 0. The Kier molecular flexibility index (Phi) is 5.59. The molecule has 130 valence electrons. The zero-order chi connectivity index (χ0) is 17.7. The molecular weight excluding hydrogens is 310 g/mol. The Balaban J connectivity index is 2.05. The van der Waals surface area contributed by atoms with Crippen molar-refractivity contribution in [1.82, 2.24) is 4.90 Å². The van der Waals surface area contributed by atoms with Crippen molar-refractivity contribution in [2.75, 3.05) is 0 Å². The molecule has 6 nitrogen and oxygen atoms in total. The maximum Gasteiger partial charge on any atom is 0.417 e. The Hall–Kier alpha value is -2.37. The average molecular weight is 333 g/mol. The Labute approximate surface area is 141 Å². The lowest BCUT2D eigenvalue weighted by molar-refractivity contribution is -0.158. The smallest absolute Gasteiger partial charge is 0.417 e. The molecule has 1 fully saturated rings. The molecule has 1 aromatic carbocycles. The predicted molar refractivity (Wildman–Crippen MR) is 87.0 cm³/mol. The highest BCUT2D eigenvalue weighted by Crippen LogP contribution is 2.23. The summed E-state index contributed by atoms with van der Waals surface area (Å²) < 4.78 is 10.5. The first-order chi connectivity index (χ1) is 11.3. The third-order valence-corrected chi connectivity index (χ3v) is 3.53. The number of hydrogen-bond donors (Lipinski definition) is 0. The minimum atomic E-state index is -0.926. The second kappa shape index (κ2) is 7.47. The van der Waals surface area contributed by atoms with Crippen LogP contribution in [0.5, 0.6) is 0 Å². The molecule has 0 bridgehead atoms. The number of imide groups is 1. The minimum Gasteiger partial charge on any atom is -0.459 e. The molecule has 1 saturated heterocycles. The fraction of sp³-hybridized carbons (Fsp3) is 0.500. The van der Waals surface area contributed by atoms with Gasteiger partial charge in [0.25, 0.3) is 0 Å². The van der Waals surface area contributed by atoms with Gasteiger partial charge in [-0.1, -0.05) is 30.3 Å². The lowest BCUT2D eigenvalue weighted by Crippen LogP contribution is -2.53. The van der Waals surface area contributed by atoms with E-state index in [9.17, 15) is 14.4 Å². The van der Waals surface area contributed by atoms with Crippen LogP contribution in [0.4, 0.5) is 4.79 Å². The molecule has 0 N–H and O–H groups in total. The predicted octanol–water partition coefficient (Wildman–Crippen LogP) is 3.05. The number of nitrogens with zero attached hydrogens (tertiary/aromatic N) is 1. The molecule has 0 aliphatic carbocycles. The number of amides is 2. The van der Waals surface area contributed by atoms with Crippen LogP contribution in [0.3, 0.4) is 0 Å². The molecule has 0 saturated carbocycles. The first-order valence-electron chi connectivity index (χ1n) is 8.03. The number of likely N-dealkylation sites (tertiary alicyclic amines) is 1. The molecule has 1 unspecified atom stereocenters. The van der Waals surface area contributed by atoms with E-state index in [-0.39, 0.29) is 13.0 Å². The number of rotatable bonds is 3. The lowest BCUT2D eigenvalue weighted by atomic mass is 10.0. The van der Waals surface area contributed by atoms with Gasteiger partial charge in [0.1, 0.15) is 18.2 Å². The van der Waals surface area contributed by atoms with Crippen molar-refractivity contribution in [2.24, 2.45) is 0 Å². The molecule has 1 aliphatic rings. The minimum absolute atomic E-state index is 0.104. The van der Waals surface area contributed by atoms with E-state index < -0.39 is 29.6 Å². The lowest BCUT2D eigenvalue weighted by Gasteiger charge is -2.33. The molecule has 1 aliphatic heterocycles. The molecule has 6 heteroatoms. The van der Waals surface area contributed by atoms with Crippen molar-refractivity contribution in [3.63, 3.8) is 0 Å². The fourth-order valence-electron chi connectivity index (χ4n) is 2.46. The van der Waals surface area contributed by atoms with Gasteiger partial charge in [0.2, 0.25) is 5.91 Å². The van der Waals surface area contributed by atoms with Crippen LogP contribution < -0.4 is 0 Å². The van der Waals surface area contributed by atoms with Crippen molar-refractivity contribution in [3.05, 3.63) is 35.9 Å². The third kappa shape index (κ3) is 4.81. The Bertz CT molecular complexity index is 606. The summed E-state index contributed by atoms with van der Waals surface area (Å²) in [6.45, 7) is 5.23. The average Bonchev–Trinajstić information content (AvgIpc) is 2.51. The van der Waals surface area contributed by atoms with E-state index in [0.717, 1.165) is 10.5 Å². The van der Waals surface area contributed by atoms with Crippen molar-refractivity contribution >= 4 is 18.0 Å². The summed E-state index contributed by atoms with van der Waals surface area (Å²) in [5, 5.41) is 0. The van der Waals surface area contributed by atoms with Crippen molar-refractivity contribution in [3.8, 4) is 0 Å². The van der Waals surface area contributed by atoms with Gasteiger partial charge in [-0.25, -0.2) is 14.5 Å². The van der Waals surface area contributed by atoms with Crippen LogP contribution in [-0.4, -0.2) is 34.5 Å². The van der Waals surface area contributed by atoms with Gasteiger partial charge in [0, 0.05) is 6.42 Å². The van der Waals surface area contributed by atoms with Gasteiger partial charge in [0.05, 0.1) is 0 Å². The maximum atomic E-state index is 12.4. The monoisotopic (exact) mass is 333 g/mol. The van der Waals surface area contributed by atoms with Crippen LogP contribution in [0.25, 0.3) is 0 Å². The number of benzene rings is 1. The number of esters is 1. The highest BCUT2D eigenvalue weighted by atomic mass is 16.6. The van der Waals surface area contributed by atoms with Crippen LogP contribution in [0, 0.1) is 0 Å². The SMILES string of the molecule is CC(C)(C)OC(=O)N1C(=O)CCCC1C(=O)OCc1ccccc1. The van der Waals surface area contributed by atoms with Crippen molar-refractivity contribution in [1.29, 1.82) is 0 Å². The first-order valence-corrected chi connectivity index (χ1v) is 8.03. The molecule has 1 aromatic rings. The van der Waals surface area contributed by atoms with Crippen LogP contribution in [-0.2, 0) is 25.7 Å². The number of hydrogen-bond acceptors (Lipinski definition) is 5. The number of piperidine rings is 1. The summed E-state index contributed by atoms with van der Waals surface area (Å²) in [5.41, 5.74) is 0.102. The summed E-state index contributed by atoms with van der Waals surface area (Å²) in [5.74, 6) is -0.991. The third-order valence-electron chi connectivity index (χ3n) is 3.53. The van der Waals surface area contributed by atoms with Crippen LogP contribution in [0.1, 0.15) is 45.6 Å². The molecule has 0 spiro atoms. The number of ether oxygens (including phenoxy) is 2. The van der Waals surface area contributed by atoms with E-state index in [1.165, 1.54) is 0 Å². The summed E-state index contributed by atoms with van der Waals surface area (Å²) in [7, 11) is 0. The molecule has 24 heavy (non-hydrogen) atoms. The zero-order valence-electron chi connectivity index (χ0n) is 14.3. The largest absolute Gasteiger partial charge is 0.459 e. The Morgan fingerprint density at radius 1 is 1.21 bits per heavy atom. The van der Waals surface area contributed by atoms with Gasteiger partial charge in [-0.15, -0.1) is 0 Å². The van der Waals surface area contributed by atoms with Crippen molar-refractivity contribution < 1.29 is 23.9 Å². The van der Waals surface area contributed by atoms with E-state index >= 15 is 0 Å². The van der Waals surface area contributed by atoms with Crippen LogP contribution in [0.2, 0.25) is 0 Å². The quantitative estimate of drug-likeness (QED) is 0.795. The van der Waals surface area contributed by atoms with Gasteiger partial charge in [-0.2, -0.15) is 0 Å². The first kappa shape index (κ1) is 18.0. The molecule has 0 radical (unpaired) electrons. The Morgan fingerprint density at radius 2 is 1.88 bits per heavy atom. The molecule has 1 heterocycles. The summed E-state index contributed by atoms with van der Waals surface area (Å²) in [6.07, 6.45) is 0.359. The van der Waals surface area contributed by atoms with Gasteiger partial charge in [0.15, 0.2) is 0 Å². The molecule has 2 amide bonds. The topological polar surface area (TPSA) is 72.9 Å². The van der Waals surface area contributed by atoms with E-state index in [1.54, 1.807) is 20.8 Å². The van der Waals surface area contributed by atoms with Crippen molar-refractivity contribution in [2.45, 2.75) is 58.3 Å². The highest BCUT2D eigenvalue weighted by molar-refractivity contribution is 5.97. The molecule has 1 atom stereocenters. The van der Waals surface area contributed by atoms with E-state index in [4.69, 9.17) is 9.47 Å². The summed E-state index contributed by atoms with van der Waals surface area (Å²) in [4.78, 5) is 37.7. The van der Waals surface area contributed by atoms with E-state index in [1.807, 2.05) is 30.3 Å². The normalized spacial score (nSPS) is 18.2. The van der Waals surface area contributed by atoms with Gasteiger partial charge in [-0.05, 0) is 39.2 Å². The number of carbonyl (C=O) groups excluding carboxylic acids is 3. The Morgan fingerprint density at radius 3 is 2.50 bits per heavy atom. The van der Waals surface area contributed by atoms with Crippen LogP contribution >= 0.6 is 0 Å². The number of carbonyl (C=O) groups is 3. The maximum absolute atomic E-state index is 12.4. The van der Waals surface area contributed by atoms with Gasteiger partial charge >= 0.3 is 12.1 Å². The van der Waals surface area contributed by atoms with E-state index in [2.05, 4.69) is 0 Å². The summed E-state index contributed by atoms with van der Waals surface area (Å²) in [6, 6.07) is 8.32. The molecule has 2 rings (SSSR count). The molecule has 0 aromatic heterocycles. The second-order valence-corrected chi connectivity index (χ2v) is 6.75. The zero-order valence-corrected chi connectivity index (χ0v) is 14.3. The van der Waals surface area contributed by atoms with Gasteiger partial charge in [-0.3, -0.25) is 4.79 Å².